The number of nitrogens with two attached hydrogens (primary N) is 1. The molecule has 1 unspecified atom stereocenters. The Morgan fingerprint density at radius 3 is 2.44 bits per heavy atom. The maximum Gasteiger partial charge on any atom is 0.316 e. The predicted molar refractivity (Wildman–Crippen MR) is 70.4 cm³/mol. The molecule has 2 rings (SSSR count). The number of carbonyl (C=O) groups excluding carboxylic acids is 1. The average molecular weight is 245 g/mol. The Bertz CT molecular complexity index is 506. The van der Waals surface area contributed by atoms with E-state index in [1.165, 1.54) is 0 Å². The molecule has 18 heavy (non-hydrogen) atoms. The maximum absolute atomic E-state index is 10.7. The van der Waals surface area contributed by atoms with Crippen molar-refractivity contribution in [2.45, 2.75) is 13.0 Å². The first-order valence-electron chi connectivity index (χ1n) is 5.60. The lowest BCUT2D eigenvalue weighted by Crippen LogP contribution is -2.19. The molecule has 94 valence electrons. The molecule has 1 atom stereocenters. The van der Waals surface area contributed by atoms with Crippen LogP contribution >= 0.6 is 0 Å². The van der Waals surface area contributed by atoms with Crippen LogP contribution in [0.3, 0.4) is 0 Å². The van der Waals surface area contributed by atoms with Gasteiger partial charge in [-0.05, 0) is 37.3 Å². The van der Waals surface area contributed by atoms with Crippen molar-refractivity contribution in [1.29, 1.82) is 0 Å². The summed E-state index contributed by atoms with van der Waals surface area (Å²) in [5.41, 5.74) is 7.74. The third-order valence-electron chi connectivity index (χ3n) is 2.58. The van der Waals surface area contributed by atoms with E-state index in [4.69, 9.17) is 10.2 Å². The number of furan rings is 1. The first kappa shape index (κ1) is 12.0. The molecule has 0 radical (unpaired) electrons. The summed E-state index contributed by atoms with van der Waals surface area (Å²) in [4.78, 5) is 10.7. The summed E-state index contributed by atoms with van der Waals surface area (Å²) in [6.07, 6.45) is 3.36. The summed E-state index contributed by atoms with van der Waals surface area (Å²) in [5, 5.41) is 5.83. The van der Waals surface area contributed by atoms with Gasteiger partial charge in [0, 0.05) is 16.9 Å². The molecule has 5 heteroatoms. The molecule has 0 saturated heterocycles. The molecular weight excluding hydrogens is 230 g/mol. The number of carbonyl (C=O) groups is 1. The number of anilines is 2. The minimum atomic E-state index is -0.567. The SMILES string of the molecule is CC(Nc1ccc(NC(N)=O)cc1)c1ccoc1. The lowest BCUT2D eigenvalue weighted by atomic mass is 10.1. The third kappa shape index (κ3) is 3.04. The Kier molecular flexibility index (Phi) is 3.52. The quantitative estimate of drug-likeness (QED) is 0.774. The topological polar surface area (TPSA) is 80.3 Å². The zero-order valence-corrected chi connectivity index (χ0v) is 10.0. The lowest BCUT2D eigenvalue weighted by Gasteiger charge is -2.13. The highest BCUT2D eigenvalue weighted by molar-refractivity contribution is 5.87. The van der Waals surface area contributed by atoms with Crippen molar-refractivity contribution < 1.29 is 9.21 Å². The van der Waals surface area contributed by atoms with Gasteiger partial charge in [-0.25, -0.2) is 4.79 Å². The fourth-order valence-corrected chi connectivity index (χ4v) is 1.65. The number of primary amides is 1. The standard InChI is InChI=1S/C13H15N3O2/c1-9(10-6-7-18-8-10)15-11-2-4-12(5-3-11)16-13(14)17/h2-9,15H,1H3,(H3,14,16,17). The monoisotopic (exact) mass is 245 g/mol. The highest BCUT2D eigenvalue weighted by atomic mass is 16.3. The van der Waals surface area contributed by atoms with E-state index in [9.17, 15) is 4.79 Å². The summed E-state index contributed by atoms with van der Waals surface area (Å²) in [5.74, 6) is 0. The largest absolute Gasteiger partial charge is 0.472 e. The number of benzene rings is 1. The van der Waals surface area contributed by atoms with Crippen LogP contribution in [0.4, 0.5) is 16.2 Å². The molecule has 5 nitrogen and oxygen atoms in total. The second kappa shape index (κ2) is 5.27. The lowest BCUT2D eigenvalue weighted by molar-refractivity contribution is 0.259. The van der Waals surface area contributed by atoms with Crippen molar-refractivity contribution in [3.05, 3.63) is 48.4 Å². The van der Waals surface area contributed by atoms with Crippen LogP contribution < -0.4 is 16.4 Å². The second-order valence-corrected chi connectivity index (χ2v) is 3.99. The number of hydrogen-bond acceptors (Lipinski definition) is 3. The normalized spacial score (nSPS) is 11.8. The van der Waals surface area contributed by atoms with Gasteiger partial charge in [-0.3, -0.25) is 0 Å². The summed E-state index contributed by atoms with van der Waals surface area (Å²) in [6.45, 7) is 2.04. The maximum atomic E-state index is 10.7. The Hall–Kier alpha value is -2.43. The fourth-order valence-electron chi connectivity index (χ4n) is 1.65. The predicted octanol–water partition coefficient (Wildman–Crippen LogP) is 2.94. The number of urea groups is 1. The molecule has 1 aromatic carbocycles. The smallest absolute Gasteiger partial charge is 0.316 e. The molecule has 0 aliphatic rings. The van der Waals surface area contributed by atoms with E-state index < -0.39 is 6.03 Å². The van der Waals surface area contributed by atoms with Gasteiger partial charge >= 0.3 is 6.03 Å². The second-order valence-electron chi connectivity index (χ2n) is 3.99. The van der Waals surface area contributed by atoms with Gasteiger partial charge in [-0.1, -0.05) is 0 Å². The van der Waals surface area contributed by atoms with Crippen LogP contribution in [0.1, 0.15) is 18.5 Å². The molecule has 0 aliphatic carbocycles. The minimum absolute atomic E-state index is 0.152. The van der Waals surface area contributed by atoms with Gasteiger partial charge in [0.15, 0.2) is 0 Å². The van der Waals surface area contributed by atoms with Crippen molar-refractivity contribution in [3.63, 3.8) is 0 Å². The molecule has 2 aromatic rings. The highest BCUT2D eigenvalue weighted by Crippen LogP contribution is 2.20. The van der Waals surface area contributed by atoms with E-state index >= 15 is 0 Å². The van der Waals surface area contributed by atoms with Crippen molar-refractivity contribution in [1.82, 2.24) is 0 Å². The zero-order valence-electron chi connectivity index (χ0n) is 10.0. The van der Waals surface area contributed by atoms with E-state index in [1.54, 1.807) is 24.7 Å². The van der Waals surface area contributed by atoms with E-state index in [0.717, 1.165) is 11.3 Å². The van der Waals surface area contributed by atoms with Crippen molar-refractivity contribution in [3.8, 4) is 0 Å². The number of hydrogen-bond donors (Lipinski definition) is 3. The summed E-state index contributed by atoms with van der Waals surface area (Å²) >= 11 is 0. The summed E-state index contributed by atoms with van der Waals surface area (Å²) < 4.78 is 5.03. The van der Waals surface area contributed by atoms with Gasteiger partial charge in [0.25, 0.3) is 0 Å². The molecule has 0 bridgehead atoms. The van der Waals surface area contributed by atoms with Crippen LogP contribution in [0, 0.1) is 0 Å². The van der Waals surface area contributed by atoms with Crippen molar-refractivity contribution in [2.24, 2.45) is 5.73 Å². The van der Waals surface area contributed by atoms with Gasteiger partial charge in [0.2, 0.25) is 0 Å². The van der Waals surface area contributed by atoms with E-state index in [2.05, 4.69) is 10.6 Å². The zero-order chi connectivity index (χ0) is 13.0. The van der Waals surface area contributed by atoms with Crippen molar-refractivity contribution >= 4 is 17.4 Å². The van der Waals surface area contributed by atoms with Gasteiger partial charge in [0.1, 0.15) is 0 Å². The average Bonchev–Trinajstić information content (AvgIpc) is 2.84. The first-order valence-corrected chi connectivity index (χ1v) is 5.60. The summed E-state index contributed by atoms with van der Waals surface area (Å²) in [6, 6.07) is 8.83. The number of amides is 2. The molecule has 0 fully saturated rings. The van der Waals surface area contributed by atoms with Crippen LogP contribution in [0.15, 0.2) is 47.3 Å². The van der Waals surface area contributed by atoms with Gasteiger partial charge in [-0.2, -0.15) is 0 Å². The van der Waals surface area contributed by atoms with Crippen LogP contribution in [0.2, 0.25) is 0 Å². The summed E-state index contributed by atoms with van der Waals surface area (Å²) in [7, 11) is 0. The number of rotatable bonds is 4. The molecule has 4 N–H and O–H groups in total. The fraction of sp³-hybridized carbons (Fsp3) is 0.154. The molecule has 0 saturated carbocycles. The van der Waals surface area contributed by atoms with Crippen LogP contribution in [-0.4, -0.2) is 6.03 Å². The third-order valence-corrected chi connectivity index (χ3v) is 2.58. The molecule has 2 amide bonds. The van der Waals surface area contributed by atoms with E-state index in [0.29, 0.717) is 5.69 Å². The Balaban J connectivity index is 2.00. The van der Waals surface area contributed by atoms with Gasteiger partial charge in [-0.15, -0.1) is 0 Å². The van der Waals surface area contributed by atoms with E-state index in [1.807, 2.05) is 25.1 Å². The van der Waals surface area contributed by atoms with Crippen molar-refractivity contribution in [2.75, 3.05) is 10.6 Å². The number of nitrogens with one attached hydrogen (secondary N) is 2. The molecular formula is C13H15N3O2. The van der Waals surface area contributed by atoms with Gasteiger partial charge < -0.3 is 20.8 Å². The molecule has 0 aliphatic heterocycles. The molecule has 1 heterocycles. The first-order chi connectivity index (χ1) is 8.65. The Morgan fingerprint density at radius 1 is 1.22 bits per heavy atom. The highest BCUT2D eigenvalue weighted by Gasteiger charge is 2.06. The molecule has 1 aromatic heterocycles. The molecule has 0 spiro atoms. The van der Waals surface area contributed by atoms with Crippen LogP contribution in [0.25, 0.3) is 0 Å². The Morgan fingerprint density at radius 2 is 1.89 bits per heavy atom. The van der Waals surface area contributed by atoms with Crippen LogP contribution in [-0.2, 0) is 0 Å². The van der Waals surface area contributed by atoms with Crippen LogP contribution in [0.5, 0.6) is 0 Å². The Labute approximate surface area is 105 Å². The van der Waals surface area contributed by atoms with Gasteiger partial charge in [0.05, 0.1) is 18.6 Å². The minimum Gasteiger partial charge on any atom is -0.472 e. The van der Waals surface area contributed by atoms with E-state index in [-0.39, 0.29) is 6.04 Å².